The van der Waals surface area contributed by atoms with Crippen LogP contribution in [0.25, 0.3) is 0 Å². The van der Waals surface area contributed by atoms with Crippen LogP contribution in [-0.4, -0.2) is 10.2 Å². The molecule has 2 rings (SSSR count). The number of hydrogen-bond donors (Lipinski definition) is 0. The van der Waals surface area contributed by atoms with Crippen LogP contribution in [0.1, 0.15) is 37.8 Å². The molecule has 16 heavy (non-hydrogen) atoms. The third-order valence-electron chi connectivity index (χ3n) is 2.97. The molecule has 1 aliphatic carbocycles. The van der Waals surface area contributed by atoms with Crippen molar-refractivity contribution in [1.82, 2.24) is 4.98 Å². The number of rotatable bonds is 2. The fraction of sp³-hybridized carbons (Fsp3) is 0.667. The first kappa shape index (κ1) is 11.9. The average Bonchev–Trinajstić information content (AvgIpc) is 2.56. The molecule has 1 fully saturated rings. The van der Waals surface area contributed by atoms with Gasteiger partial charge >= 0.3 is 0 Å². The molecule has 0 spiro atoms. The predicted molar refractivity (Wildman–Crippen MR) is 68.7 cm³/mol. The van der Waals surface area contributed by atoms with E-state index in [9.17, 15) is 5.26 Å². The van der Waals surface area contributed by atoms with Crippen molar-refractivity contribution in [3.05, 3.63) is 11.1 Å². The van der Waals surface area contributed by atoms with E-state index in [0.717, 1.165) is 16.5 Å². The lowest BCUT2D eigenvalue weighted by Crippen LogP contribution is -2.13. The summed E-state index contributed by atoms with van der Waals surface area (Å²) in [7, 11) is 0. The lowest BCUT2D eigenvalue weighted by molar-refractivity contribution is 0.585. The zero-order valence-corrected chi connectivity index (χ0v) is 11.1. The van der Waals surface area contributed by atoms with Crippen LogP contribution in [-0.2, 0) is 0 Å². The van der Waals surface area contributed by atoms with Crippen LogP contribution >= 0.6 is 23.1 Å². The molecule has 1 aromatic rings. The van der Waals surface area contributed by atoms with Gasteiger partial charge in [-0.15, -0.1) is 11.3 Å². The molecule has 1 saturated carbocycles. The maximum atomic E-state index is 9.19. The van der Waals surface area contributed by atoms with Gasteiger partial charge in [0.1, 0.15) is 4.34 Å². The minimum atomic E-state index is 0.219. The van der Waals surface area contributed by atoms with E-state index >= 15 is 0 Å². The summed E-state index contributed by atoms with van der Waals surface area (Å²) in [5.41, 5.74) is 1.09. The van der Waals surface area contributed by atoms with Crippen LogP contribution in [0.3, 0.4) is 0 Å². The maximum Gasteiger partial charge on any atom is 0.150 e. The topological polar surface area (TPSA) is 36.7 Å². The fourth-order valence-corrected chi connectivity index (χ4v) is 4.44. The van der Waals surface area contributed by atoms with Gasteiger partial charge in [-0.25, -0.2) is 4.98 Å². The van der Waals surface area contributed by atoms with E-state index < -0.39 is 0 Å². The highest BCUT2D eigenvalue weighted by Crippen LogP contribution is 2.37. The van der Waals surface area contributed by atoms with Gasteiger partial charge < -0.3 is 0 Å². The molecule has 2 unspecified atom stereocenters. The van der Waals surface area contributed by atoms with Gasteiger partial charge in [0.05, 0.1) is 12.0 Å². The highest BCUT2D eigenvalue weighted by atomic mass is 32.2. The number of thioether (sulfide) groups is 1. The van der Waals surface area contributed by atoms with Crippen LogP contribution < -0.4 is 0 Å². The average molecular weight is 252 g/mol. The SMILES string of the molecule is Cc1csc(SC2CCCCCC2C#N)n1. The number of aryl methyl sites for hydroxylation is 1. The Kier molecular flexibility index (Phi) is 4.25. The first-order chi connectivity index (χ1) is 7.79. The van der Waals surface area contributed by atoms with Crippen molar-refractivity contribution in [2.24, 2.45) is 5.92 Å². The summed E-state index contributed by atoms with van der Waals surface area (Å²) in [6, 6.07) is 2.48. The molecule has 0 N–H and O–H groups in total. The molecule has 1 aromatic heterocycles. The van der Waals surface area contributed by atoms with Gasteiger partial charge in [0.2, 0.25) is 0 Å². The molecule has 2 nitrogen and oxygen atoms in total. The van der Waals surface area contributed by atoms with Gasteiger partial charge in [-0.3, -0.25) is 0 Å². The Balaban J connectivity index is 2.03. The van der Waals surface area contributed by atoms with Crippen molar-refractivity contribution in [2.45, 2.75) is 48.6 Å². The Hall–Kier alpha value is -0.530. The van der Waals surface area contributed by atoms with E-state index in [4.69, 9.17) is 0 Å². The Morgan fingerprint density at radius 1 is 1.44 bits per heavy atom. The van der Waals surface area contributed by atoms with Crippen LogP contribution in [0.15, 0.2) is 9.72 Å². The van der Waals surface area contributed by atoms with Crippen LogP contribution in [0.2, 0.25) is 0 Å². The summed E-state index contributed by atoms with van der Waals surface area (Å²) in [5.74, 6) is 0.219. The standard InChI is InChI=1S/C12H16N2S2/c1-9-8-15-12(14-9)16-11-6-4-2-3-5-10(11)7-13/h8,10-11H,2-6H2,1H3. The first-order valence-electron chi connectivity index (χ1n) is 5.78. The Morgan fingerprint density at radius 3 is 2.94 bits per heavy atom. The quantitative estimate of drug-likeness (QED) is 0.746. The predicted octanol–water partition coefficient (Wildman–Crippen LogP) is 4.02. The lowest BCUT2D eigenvalue weighted by atomic mass is 10.0. The fourth-order valence-electron chi connectivity index (χ4n) is 2.08. The maximum absolute atomic E-state index is 9.19. The zero-order valence-electron chi connectivity index (χ0n) is 9.48. The minimum Gasteiger partial charge on any atom is -0.235 e. The number of aromatic nitrogens is 1. The summed E-state index contributed by atoms with van der Waals surface area (Å²) in [6.45, 7) is 2.02. The number of nitriles is 1. The normalized spacial score (nSPS) is 26.0. The molecule has 2 atom stereocenters. The van der Waals surface area contributed by atoms with E-state index in [2.05, 4.69) is 16.4 Å². The van der Waals surface area contributed by atoms with E-state index in [0.29, 0.717) is 5.25 Å². The number of nitrogens with zero attached hydrogens (tertiary/aromatic N) is 2. The molecule has 0 aliphatic heterocycles. The van der Waals surface area contributed by atoms with Crippen molar-refractivity contribution < 1.29 is 0 Å². The number of hydrogen-bond acceptors (Lipinski definition) is 4. The minimum absolute atomic E-state index is 0.219. The van der Waals surface area contributed by atoms with Crippen LogP contribution in [0.4, 0.5) is 0 Å². The third kappa shape index (κ3) is 2.99. The van der Waals surface area contributed by atoms with Crippen molar-refractivity contribution in [2.75, 3.05) is 0 Å². The van der Waals surface area contributed by atoms with Crippen LogP contribution in [0.5, 0.6) is 0 Å². The smallest absolute Gasteiger partial charge is 0.150 e. The molecule has 0 radical (unpaired) electrons. The zero-order chi connectivity index (χ0) is 11.4. The molecule has 0 amide bonds. The van der Waals surface area contributed by atoms with Crippen molar-refractivity contribution in [3.8, 4) is 6.07 Å². The van der Waals surface area contributed by atoms with Gasteiger partial charge in [0.15, 0.2) is 0 Å². The Morgan fingerprint density at radius 2 is 2.25 bits per heavy atom. The second kappa shape index (κ2) is 5.70. The monoisotopic (exact) mass is 252 g/mol. The van der Waals surface area contributed by atoms with E-state index in [1.165, 1.54) is 25.7 Å². The van der Waals surface area contributed by atoms with E-state index in [-0.39, 0.29) is 5.92 Å². The molecule has 0 bridgehead atoms. The largest absolute Gasteiger partial charge is 0.235 e. The third-order valence-corrected chi connectivity index (χ3v) is 5.46. The summed E-state index contributed by atoms with van der Waals surface area (Å²) >= 11 is 3.52. The Bertz CT molecular complexity index is 381. The summed E-state index contributed by atoms with van der Waals surface area (Å²) < 4.78 is 1.13. The molecular weight excluding hydrogens is 236 g/mol. The molecule has 86 valence electrons. The van der Waals surface area contributed by atoms with Gasteiger partial charge in [-0.1, -0.05) is 31.0 Å². The summed E-state index contributed by atoms with van der Waals surface area (Å²) in [5, 5.41) is 11.7. The number of thiazole rings is 1. The molecule has 1 heterocycles. The van der Waals surface area contributed by atoms with Crippen molar-refractivity contribution in [3.63, 3.8) is 0 Å². The van der Waals surface area contributed by atoms with Crippen LogP contribution in [0, 0.1) is 24.2 Å². The van der Waals surface area contributed by atoms with Crippen molar-refractivity contribution >= 4 is 23.1 Å². The molecule has 0 saturated heterocycles. The molecule has 4 heteroatoms. The lowest BCUT2D eigenvalue weighted by Gasteiger charge is -2.16. The highest BCUT2D eigenvalue weighted by Gasteiger charge is 2.25. The van der Waals surface area contributed by atoms with Gasteiger partial charge in [0.25, 0.3) is 0 Å². The molecular formula is C12H16N2S2. The van der Waals surface area contributed by atoms with E-state index in [1.807, 2.05) is 18.7 Å². The highest BCUT2D eigenvalue weighted by molar-refractivity contribution is 8.01. The van der Waals surface area contributed by atoms with Gasteiger partial charge in [0, 0.05) is 16.3 Å². The summed E-state index contributed by atoms with van der Waals surface area (Å²) in [6.07, 6.45) is 6.00. The first-order valence-corrected chi connectivity index (χ1v) is 7.54. The van der Waals surface area contributed by atoms with E-state index in [1.54, 1.807) is 11.3 Å². The second-order valence-electron chi connectivity index (χ2n) is 4.28. The Labute approximate surface area is 105 Å². The van der Waals surface area contributed by atoms with Gasteiger partial charge in [-0.2, -0.15) is 5.26 Å². The molecule has 0 aromatic carbocycles. The van der Waals surface area contributed by atoms with Crippen molar-refractivity contribution in [1.29, 1.82) is 5.26 Å². The van der Waals surface area contributed by atoms with Gasteiger partial charge in [-0.05, 0) is 19.8 Å². The molecule has 1 aliphatic rings. The second-order valence-corrected chi connectivity index (χ2v) is 6.63. The summed E-state index contributed by atoms with van der Waals surface area (Å²) in [4.78, 5) is 4.48.